The Balaban J connectivity index is 1.62. The molecule has 2 unspecified atom stereocenters. The molecule has 10 nitrogen and oxygen atoms in total. The first-order valence-electron chi connectivity index (χ1n) is 17.9. The SMILES string of the molecule is C=CC(=O)N1CC2CN(CCCN(C)C)c3c(c4cc(F)c(-c5c(C)ccc6[nH]cnc56)c(Cl)c4n(-c4c(C)ccnc4C(C)C)c3=O)N2CC1C. The van der Waals surface area contributed by atoms with E-state index in [2.05, 4.69) is 45.1 Å². The predicted molar refractivity (Wildman–Crippen MR) is 209 cm³/mol. The number of rotatable bonds is 8. The van der Waals surface area contributed by atoms with E-state index < -0.39 is 5.82 Å². The van der Waals surface area contributed by atoms with Gasteiger partial charge in [-0.15, -0.1) is 0 Å². The molecular weight excluding hydrogens is 679 g/mol. The van der Waals surface area contributed by atoms with Gasteiger partial charge in [-0.3, -0.25) is 19.1 Å². The van der Waals surface area contributed by atoms with Crippen molar-refractivity contribution in [3.8, 4) is 16.8 Å². The fourth-order valence-electron chi connectivity index (χ4n) is 8.19. The quantitative estimate of drug-likeness (QED) is 0.176. The number of carbonyl (C=O) groups excluding carboxylic acids is 1. The van der Waals surface area contributed by atoms with E-state index in [1.165, 1.54) is 6.08 Å². The smallest absolute Gasteiger partial charge is 0.281 e. The van der Waals surface area contributed by atoms with Crippen LogP contribution in [-0.4, -0.2) is 94.1 Å². The molecule has 1 amide bonds. The van der Waals surface area contributed by atoms with Crippen LogP contribution in [0.3, 0.4) is 0 Å². The molecule has 1 saturated heterocycles. The fraction of sp³-hybridized carbons (Fsp3) is 0.400. The number of aromatic nitrogens is 4. The van der Waals surface area contributed by atoms with Crippen LogP contribution in [-0.2, 0) is 4.79 Å². The van der Waals surface area contributed by atoms with Crippen molar-refractivity contribution in [3.05, 3.63) is 87.5 Å². The Kier molecular flexibility index (Phi) is 9.37. The van der Waals surface area contributed by atoms with Gasteiger partial charge in [0.1, 0.15) is 11.5 Å². The number of benzene rings is 2. The summed E-state index contributed by atoms with van der Waals surface area (Å²) in [6.07, 6.45) is 5.50. The number of aromatic amines is 1. The van der Waals surface area contributed by atoms with Crippen LogP contribution in [0.5, 0.6) is 0 Å². The monoisotopic (exact) mass is 724 g/mol. The third-order valence-electron chi connectivity index (χ3n) is 10.6. The number of H-pyrrole nitrogens is 1. The number of nitrogens with zero attached hydrogens (tertiary/aromatic N) is 7. The zero-order chi connectivity index (χ0) is 37.2. The maximum atomic E-state index is 17.2. The van der Waals surface area contributed by atoms with Gasteiger partial charge in [0.15, 0.2) is 0 Å². The Labute approximate surface area is 308 Å². The molecule has 0 aliphatic carbocycles. The third kappa shape index (κ3) is 5.74. The summed E-state index contributed by atoms with van der Waals surface area (Å²) < 4.78 is 18.8. The largest absolute Gasteiger partial charge is 0.363 e. The predicted octanol–water partition coefficient (Wildman–Crippen LogP) is 6.83. The van der Waals surface area contributed by atoms with Crippen molar-refractivity contribution in [1.29, 1.82) is 0 Å². The van der Waals surface area contributed by atoms with E-state index in [0.717, 1.165) is 35.3 Å². The van der Waals surface area contributed by atoms with Gasteiger partial charge in [-0.2, -0.15) is 0 Å². The average molecular weight is 725 g/mol. The zero-order valence-corrected chi connectivity index (χ0v) is 31.7. The third-order valence-corrected chi connectivity index (χ3v) is 11.0. The lowest BCUT2D eigenvalue weighted by atomic mass is 9.93. The molecule has 5 heterocycles. The van der Waals surface area contributed by atoms with E-state index in [0.29, 0.717) is 65.2 Å². The molecular formula is C40H46ClFN8O2. The van der Waals surface area contributed by atoms with Gasteiger partial charge in [0.2, 0.25) is 5.91 Å². The van der Waals surface area contributed by atoms with Crippen molar-refractivity contribution in [1.82, 2.24) is 29.3 Å². The normalized spacial score (nSPS) is 17.4. The number of amides is 1. The molecule has 3 aromatic heterocycles. The van der Waals surface area contributed by atoms with Crippen LogP contribution in [0.4, 0.5) is 15.8 Å². The summed E-state index contributed by atoms with van der Waals surface area (Å²) in [5.74, 6) is -0.666. The molecule has 2 aliphatic rings. The minimum atomic E-state index is -0.509. The highest BCUT2D eigenvalue weighted by molar-refractivity contribution is 6.39. The van der Waals surface area contributed by atoms with Gasteiger partial charge >= 0.3 is 0 Å². The molecule has 1 fully saturated rings. The van der Waals surface area contributed by atoms with Crippen LogP contribution in [0.15, 0.2) is 54.2 Å². The average Bonchev–Trinajstić information content (AvgIpc) is 3.58. The van der Waals surface area contributed by atoms with Crippen LogP contribution in [0.2, 0.25) is 5.02 Å². The molecule has 2 aliphatic heterocycles. The summed E-state index contributed by atoms with van der Waals surface area (Å²) >= 11 is 7.56. The Morgan fingerprint density at radius 3 is 2.58 bits per heavy atom. The van der Waals surface area contributed by atoms with Gasteiger partial charge in [0.05, 0.1) is 51.0 Å². The maximum Gasteiger partial charge on any atom is 0.281 e. The lowest BCUT2D eigenvalue weighted by molar-refractivity contribution is -0.128. The molecule has 0 saturated carbocycles. The number of halogens is 2. The summed E-state index contributed by atoms with van der Waals surface area (Å²) in [4.78, 5) is 49.4. The van der Waals surface area contributed by atoms with Crippen molar-refractivity contribution in [3.63, 3.8) is 0 Å². The first-order valence-corrected chi connectivity index (χ1v) is 18.3. The second kappa shape index (κ2) is 13.7. The Morgan fingerprint density at radius 1 is 1.10 bits per heavy atom. The van der Waals surface area contributed by atoms with Gasteiger partial charge in [-0.1, -0.05) is 38.1 Å². The van der Waals surface area contributed by atoms with Gasteiger partial charge in [0, 0.05) is 54.9 Å². The number of aryl methyl sites for hydroxylation is 2. The van der Waals surface area contributed by atoms with Crippen LogP contribution < -0.4 is 15.4 Å². The minimum absolute atomic E-state index is 0.0245. The first-order chi connectivity index (χ1) is 24.8. The highest BCUT2D eigenvalue weighted by Gasteiger charge is 2.42. The molecule has 7 rings (SSSR count). The van der Waals surface area contributed by atoms with E-state index in [9.17, 15) is 4.79 Å². The summed E-state index contributed by atoms with van der Waals surface area (Å²) in [6.45, 7) is 16.5. The highest BCUT2D eigenvalue weighted by atomic mass is 35.5. The molecule has 2 atom stereocenters. The van der Waals surface area contributed by atoms with Crippen molar-refractivity contribution >= 4 is 50.8 Å². The summed E-state index contributed by atoms with van der Waals surface area (Å²) in [5.41, 5.74) is 6.47. The molecule has 0 bridgehead atoms. The van der Waals surface area contributed by atoms with E-state index in [1.54, 1.807) is 23.2 Å². The lowest BCUT2D eigenvalue weighted by Crippen LogP contribution is -2.64. The second-order valence-electron chi connectivity index (χ2n) is 14.8. The van der Waals surface area contributed by atoms with Crippen molar-refractivity contribution in [2.45, 2.75) is 59.0 Å². The number of fused-ring (bicyclic) bond motifs is 6. The number of hydrogen-bond donors (Lipinski definition) is 1. The van der Waals surface area contributed by atoms with Gasteiger partial charge < -0.3 is 24.6 Å². The zero-order valence-electron chi connectivity index (χ0n) is 30.9. The Bertz CT molecular complexity index is 2300. The van der Waals surface area contributed by atoms with Crippen molar-refractivity contribution < 1.29 is 9.18 Å². The summed E-state index contributed by atoms with van der Waals surface area (Å²) in [6, 6.07) is 6.94. The molecule has 0 radical (unpaired) electrons. The number of anilines is 2. The number of piperazine rings is 1. The minimum Gasteiger partial charge on any atom is -0.363 e. The molecule has 272 valence electrons. The second-order valence-corrected chi connectivity index (χ2v) is 15.2. The molecule has 1 N–H and O–H groups in total. The van der Waals surface area contributed by atoms with E-state index in [-0.39, 0.29) is 40.1 Å². The summed E-state index contributed by atoms with van der Waals surface area (Å²) in [5, 5.41) is 0.657. The van der Waals surface area contributed by atoms with Crippen LogP contribution in [0, 0.1) is 19.7 Å². The van der Waals surface area contributed by atoms with E-state index in [1.807, 2.05) is 58.0 Å². The van der Waals surface area contributed by atoms with Crippen LogP contribution in [0.1, 0.15) is 49.9 Å². The van der Waals surface area contributed by atoms with E-state index >= 15 is 9.18 Å². The van der Waals surface area contributed by atoms with Crippen molar-refractivity contribution in [2.24, 2.45) is 0 Å². The molecule has 2 aromatic carbocycles. The summed E-state index contributed by atoms with van der Waals surface area (Å²) in [7, 11) is 4.06. The maximum absolute atomic E-state index is 17.2. The lowest BCUT2D eigenvalue weighted by Gasteiger charge is -2.52. The molecule has 5 aromatic rings. The van der Waals surface area contributed by atoms with Crippen LogP contribution in [0.25, 0.3) is 38.8 Å². The number of carbonyl (C=O) groups is 1. The number of nitrogens with one attached hydrogen (secondary N) is 1. The number of hydrogen-bond acceptors (Lipinski definition) is 7. The Morgan fingerprint density at radius 2 is 1.87 bits per heavy atom. The molecule has 0 spiro atoms. The van der Waals surface area contributed by atoms with Crippen molar-refractivity contribution in [2.75, 3.05) is 56.6 Å². The number of imidazole rings is 1. The van der Waals surface area contributed by atoms with Gasteiger partial charge in [-0.05, 0) is 89.2 Å². The molecule has 12 heteroatoms. The van der Waals surface area contributed by atoms with Crippen LogP contribution >= 0.6 is 11.6 Å². The highest BCUT2D eigenvalue weighted by Crippen LogP contribution is 2.48. The van der Waals surface area contributed by atoms with E-state index in [4.69, 9.17) is 16.6 Å². The van der Waals surface area contributed by atoms with Gasteiger partial charge in [0.25, 0.3) is 5.56 Å². The standard InChI is InChI=1S/C40H46ClFN8O2/c1-9-30(51)48-20-26-19-47(16-10-15-46(7)8)39-38(49(26)18-25(48)6)27-17-28(42)32(31-23(4)11-12-29-35(31)45-21-44-29)33(41)37(27)50(40(39)52)36-24(5)13-14-43-34(36)22(2)3/h9,11-14,17,21-22,25-26H,1,10,15-16,18-20H2,2-8H3,(H,44,45). The fourth-order valence-corrected chi connectivity index (χ4v) is 8.56. The Hall–Kier alpha value is -4.74. The topological polar surface area (TPSA) is 93.6 Å². The van der Waals surface area contributed by atoms with Gasteiger partial charge in [-0.25, -0.2) is 9.37 Å². The molecule has 52 heavy (non-hydrogen) atoms. The first kappa shape index (κ1) is 35.7. The number of pyridine rings is 2.